The fraction of sp³-hybridized carbons (Fsp3) is 1.00. The molecule has 0 aromatic carbocycles. The lowest BCUT2D eigenvalue weighted by Gasteiger charge is -1.88. The lowest BCUT2D eigenvalue weighted by molar-refractivity contribution is 0.283. The van der Waals surface area contributed by atoms with Crippen molar-refractivity contribution in [2.75, 3.05) is 6.61 Å². The van der Waals surface area contributed by atoms with Gasteiger partial charge in [0.1, 0.15) is 0 Å². The van der Waals surface area contributed by atoms with Gasteiger partial charge in [-0.05, 0) is 6.92 Å². The normalized spacial score (nSPS) is 10.2. The minimum atomic E-state index is -4.17. The van der Waals surface area contributed by atoms with Crippen LogP contribution >= 0.6 is 0 Å². The Hall–Kier alpha value is -0.170. The van der Waals surface area contributed by atoms with E-state index in [-0.39, 0.29) is 12.1 Å². The Bertz CT molecular complexity index is 123. The topological polar surface area (TPSA) is 95.1 Å². The van der Waals surface area contributed by atoms with E-state index in [4.69, 9.17) is 4.55 Å². The zero-order valence-corrected chi connectivity index (χ0v) is 5.10. The molecule has 0 bridgehead atoms. The SMILES string of the molecule is CCOS(=O)(=O)O.O. The van der Waals surface area contributed by atoms with E-state index in [1.807, 2.05) is 0 Å². The molecule has 8 heavy (non-hydrogen) atoms. The summed E-state index contributed by atoms with van der Waals surface area (Å²) in [6.07, 6.45) is 0. The predicted octanol–water partition coefficient (Wildman–Crippen LogP) is -0.999. The highest BCUT2D eigenvalue weighted by Crippen LogP contribution is 1.81. The van der Waals surface area contributed by atoms with Crippen LogP contribution in [0.2, 0.25) is 0 Å². The first-order valence-corrected chi connectivity index (χ1v) is 3.04. The molecule has 0 aliphatic carbocycles. The Morgan fingerprint density at radius 3 is 2.00 bits per heavy atom. The Labute approximate surface area is 47.5 Å². The van der Waals surface area contributed by atoms with Crippen molar-refractivity contribution in [1.82, 2.24) is 0 Å². The molecule has 0 amide bonds. The van der Waals surface area contributed by atoms with Gasteiger partial charge in [-0.1, -0.05) is 0 Å². The van der Waals surface area contributed by atoms with Crippen molar-refractivity contribution in [3.05, 3.63) is 0 Å². The van der Waals surface area contributed by atoms with Crippen LogP contribution in [0.5, 0.6) is 0 Å². The van der Waals surface area contributed by atoms with E-state index < -0.39 is 10.4 Å². The third kappa shape index (κ3) is 9.27. The Balaban J connectivity index is 0. The summed E-state index contributed by atoms with van der Waals surface area (Å²) in [6, 6.07) is 0. The minimum Gasteiger partial charge on any atom is -0.412 e. The molecular weight excluding hydrogens is 136 g/mol. The molecule has 0 aromatic heterocycles. The monoisotopic (exact) mass is 144 g/mol. The van der Waals surface area contributed by atoms with Crippen molar-refractivity contribution in [2.24, 2.45) is 0 Å². The van der Waals surface area contributed by atoms with Gasteiger partial charge in [0, 0.05) is 0 Å². The molecule has 52 valence electrons. The third-order valence-electron chi connectivity index (χ3n) is 0.267. The summed E-state index contributed by atoms with van der Waals surface area (Å²) >= 11 is 0. The predicted molar refractivity (Wildman–Crippen MR) is 26.8 cm³/mol. The molecule has 0 atom stereocenters. The highest BCUT2D eigenvalue weighted by Gasteiger charge is 1.98. The highest BCUT2D eigenvalue weighted by atomic mass is 32.3. The molecule has 0 spiro atoms. The van der Waals surface area contributed by atoms with Crippen LogP contribution in [0.25, 0.3) is 0 Å². The van der Waals surface area contributed by atoms with E-state index in [2.05, 4.69) is 4.18 Å². The van der Waals surface area contributed by atoms with Gasteiger partial charge in [-0.15, -0.1) is 0 Å². The van der Waals surface area contributed by atoms with Gasteiger partial charge in [0.15, 0.2) is 0 Å². The summed E-state index contributed by atoms with van der Waals surface area (Å²) in [5.41, 5.74) is 0. The number of rotatable bonds is 2. The van der Waals surface area contributed by atoms with Crippen molar-refractivity contribution in [3.63, 3.8) is 0 Å². The summed E-state index contributed by atoms with van der Waals surface area (Å²) in [5, 5.41) is 0. The summed E-state index contributed by atoms with van der Waals surface area (Å²) in [5.74, 6) is 0. The number of hydrogen-bond donors (Lipinski definition) is 1. The highest BCUT2D eigenvalue weighted by molar-refractivity contribution is 7.80. The summed E-state index contributed by atoms with van der Waals surface area (Å²) < 4.78 is 30.7. The Morgan fingerprint density at radius 1 is 1.62 bits per heavy atom. The molecular formula is C2H8O5S. The molecule has 0 aromatic rings. The molecule has 0 rings (SSSR count). The van der Waals surface area contributed by atoms with Crippen molar-refractivity contribution >= 4 is 10.4 Å². The molecule has 0 aliphatic heterocycles. The smallest absolute Gasteiger partial charge is 0.397 e. The first-order chi connectivity index (χ1) is 3.06. The molecule has 0 saturated heterocycles. The summed E-state index contributed by atoms with van der Waals surface area (Å²) in [4.78, 5) is 0. The average molecular weight is 144 g/mol. The minimum absolute atomic E-state index is 0. The second kappa shape index (κ2) is 3.79. The molecule has 3 N–H and O–H groups in total. The van der Waals surface area contributed by atoms with Gasteiger partial charge in [0.05, 0.1) is 6.61 Å². The van der Waals surface area contributed by atoms with Gasteiger partial charge in [-0.2, -0.15) is 8.42 Å². The van der Waals surface area contributed by atoms with E-state index in [0.29, 0.717) is 0 Å². The van der Waals surface area contributed by atoms with Gasteiger partial charge >= 0.3 is 10.4 Å². The lowest BCUT2D eigenvalue weighted by Crippen LogP contribution is -2.01. The largest absolute Gasteiger partial charge is 0.412 e. The van der Waals surface area contributed by atoms with Crippen LogP contribution in [0.3, 0.4) is 0 Å². The quantitative estimate of drug-likeness (QED) is 0.503. The van der Waals surface area contributed by atoms with Crippen LogP contribution in [-0.2, 0) is 14.6 Å². The van der Waals surface area contributed by atoms with Gasteiger partial charge in [0.2, 0.25) is 0 Å². The molecule has 0 saturated carbocycles. The molecule has 0 aliphatic rings. The van der Waals surface area contributed by atoms with Gasteiger partial charge in [0.25, 0.3) is 0 Å². The standard InChI is InChI=1S/C2H6O4S.H2O/c1-2-6-7(3,4)5;/h2H2,1H3,(H,3,4,5);1H2. The number of hydrogen-bond acceptors (Lipinski definition) is 3. The van der Waals surface area contributed by atoms with Crippen molar-refractivity contribution < 1.29 is 22.6 Å². The van der Waals surface area contributed by atoms with Crippen molar-refractivity contribution in [3.8, 4) is 0 Å². The molecule has 0 fully saturated rings. The fourth-order valence-corrected chi connectivity index (χ4v) is 0.447. The zero-order valence-electron chi connectivity index (χ0n) is 4.29. The van der Waals surface area contributed by atoms with Crippen LogP contribution < -0.4 is 0 Å². The van der Waals surface area contributed by atoms with E-state index >= 15 is 0 Å². The van der Waals surface area contributed by atoms with Crippen LogP contribution in [-0.4, -0.2) is 25.1 Å². The third-order valence-corrected chi connectivity index (χ3v) is 0.800. The van der Waals surface area contributed by atoms with Gasteiger partial charge in [-0.3, -0.25) is 4.55 Å². The molecule has 0 heterocycles. The van der Waals surface area contributed by atoms with Gasteiger partial charge < -0.3 is 5.48 Å². The first-order valence-electron chi connectivity index (χ1n) is 1.68. The molecule has 0 radical (unpaired) electrons. The van der Waals surface area contributed by atoms with E-state index in [1.165, 1.54) is 6.92 Å². The fourth-order valence-electron chi connectivity index (χ4n) is 0.149. The zero-order chi connectivity index (χ0) is 5.91. The molecule has 6 heteroatoms. The average Bonchev–Trinajstić information content (AvgIpc) is 1.30. The Morgan fingerprint density at radius 2 is 2.00 bits per heavy atom. The summed E-state index contributed by atoms with van der Waals surface area (Å²) in [7, 11) is -4.17. The first kappa shape index (κ1) is 10.7. The summed E-state index contributed by atoms with van der Waals surface area (Å²) in [6.45, 7) is 1.44. The van der Waals surface area contributed by atoms with Crippen molar-refractivity contribution in [2.45, 2.75) is 6.92 Å². The second-order valence-electron chi connectivity index (χ2n) is 0.834. The lowest BCUT2D eigenvalue weighted by atomic mass is 10.9. The molecule has 5 nitrogen and oxygen atoms in total. The Kier molecular flexibility index (Phi) is 5.09. The van der Waals surface area contributed by atoms with Crippen LogP contribution in [0.1, 0.15) is 6.92 Å². The van der Waals surface area contributed by atoms with E-state index in [0.717, 1.165) is 0 Å². The van der Waals surface area contributed by atoms with E-state index in [9.17, 15) is 8.42 Å². The van der Waals surface area contributed by atoms with Crippen LogP contribution in [0.15, 0.2) is 0 Å². The second-order valence-corrected chi connectivity index (χ2v) is 1.93. The van der Waals surface area contributed by atoms with Crippen LogP contribution in [0, 0.1) is 0 Å². The maximum Gasteiger partial charge on any atom is 0.397 e. The van der Waals surface area contributed by atoms with Gasteiger partial charge in [-0.25, -0.2) is 4.18 Å². The maximum atomic E-state index is 9.56. The van der Waals surface area contributed by atoms with Crippen LogP contribution in [0.4, 0.5) is 0 Å². The van der Waals surface area contributed by atoms with Crippen molar-refractivity contribution in [1.29, 1.82) is 0 Å². The van der Waals surface area contributed by atoms with E-state index in [1.54, 1.807) is 0 Å². The molecule has 0 unspecified atom stereocenters. The maximum absolute atomic E-state index is 9.56.